The number of aryl methyl sites for hydroxylation is 3. The van der Waals surface area contributed by atoms with E-state index in [1.54, 1.807) is 0 Å². The Morgan fingerprint density at radius 2 is 1.88 bits per heavy atom. The van der Waals surface area contributed by atoms with Gasteiger partial charge in [-0.1, -0.05) is 6.92 Å². The van der Waals surface area contributed by atoms with E-state index < -0.39 is 0 Å². The van der Waals surface area contributed by atoms with Gasteiger partial charge in [-0.2, -0.15) is 0 Å². The molecule has 0 saturated carbocycles. The molecule has 2 nitrogen and oxygen atoms in total. The number of hydrogen-bond acceptors (Lipinski definition) is 2. The zero-order valence-electron chi connectivity index (χ0n) is 10.0. The fraction of sp³-hybridized carbons (Fsp3) is 0.286. The lowest BCUT2D eigenvalue weighted by molar-refractivity contribution is 0.529. The Morgan fingerprint density at radius 1 is 1.12 bits per heavy atom. The van der Waals surface area contributed by atoms with Gasteiger partial charge >= 0.3 is 0 Å². The van der Waals surface area contributed by atoms with Crippen molar-refractivity contribution in [3.63, 3.8) is 0 Å². The zero-order valence-corrected chi connectivity index (χ0v) is 10.0. The fourth-order valence-electron chi connectivity index (χ4n) is 1.82. The van der Waals surface area contributed by atoms with Gasteiger partial charge in [0.05, 0.1) is 0 Å². The first-order chi connectivity index (χ1) is 7.61. The van der Waals surface area contributed by atoms with Gasteiger partial charge < -0.3 is 10.2 Å². The molecule has 1 aromatic carbocycles. The van der Waals surface area contributed by atoms with Crippen molar-refractivity contribution in [2.75, 3.05) is 5.73 Å². The molecular weight excluding hydrogens is 198 g/mol. The predicted molar refractivity (Wildman–Crippen MR) is 67.4 cm³/mol. The Labute approximate surface area is 96.1 Å². The highest BCUT2D eigenvalue weighted by molar-refractivity contribution is 5.68. The van der Waals surface area contributed by atoms with E-state index in [-0.39, 0.29) is 0 Å². The van der Waals surface area contributed by atoms with E-state index in [0.29, 0.717) is 0 Å². The van der Waals surface area contributed by atoms with Crippen LogP contribution in [0, 0.1) is 13.8 Å². The summed E-state index contributed by atoms with van der Waals surface area (Å²) in [5.74, 6) is 1.95. The summed E-state index contributed by atoms with van der Waals surface area (Å²) in [7, 11) is 0. The molecule has 0 fully saturated rings. The molecule has 0 aliphatic rings. The maximum absolute atomic E-state index is 5.87. The van der Waals surface area contributed by atoms with Crippen LogP contribution < -0.4 is 5.73 Å². The molecule has 2 N–H and O–H groups in total. The number of hydrogen-bond donors (Lipinski definition) is 1. The molecule has 0 atom stereocenters. The highest BCUT2D eigenvalue weighted by Gasteiger charge is 2.08. The number of nitrogens with two attached hydrogens (primary N) is 1. The first-order valence-electron chi connectivity index (χ1n) is 5.57. The van der Waals surface area contributed by atoms with Gasteiger partial charge in [-0.25, -0.2) is 0 Å². The SMILES string of the molecule is CCc1ccc(-c2cc(C)c(N)cc2C)o1. The normalized spacial score (nSPS) is 10.7. The molecule has 0 saturated heterocycles. The lowest BCUT2D eigenvalue weighted by Gasteiger charge is -2.07. The van der Waals surface area contributed by atoms with Gasteiger partial charge in [-0.15, -0.1) is 0 Å². The highest BCUT2D eigenvalue weighted by atomic mass is 16.3. The molecule has 84 valence electrons. The highest BCUT2D eigenvalue weighted by Crippen LogP contribution is 2.29. The minimum Gasteiger partial charge on any atom is -0.461 e. The standard InChI is InChI=1S/C14H17NO/c1-4-11-5-6-14(16-11)12-7-10(3)13(15)8-9(12)2/h5-8H,4,15H2,1-3H3. The topological polar surface area (TPSA) is 39.2 Å². The molecular formula is C14H17NO. The molecule has 0 aliphatic heterocycles. The van der Waals surface area contributed by atoms with E-state index in [9.17, 15) is 0 Å². The molecule has 0 bridgehead atoms. The lowest BCUT2D eigenvalue weighted by Crippen LogP contribution is -1.92. The van der Waals surface area contributed by atoms with Crippen LogP contribution in [0.25, 0.3) is 11.3 Å². The van der Waals surface area contributed by atoms with Crippen molar-refractivity contribution in [3.8, 4) is 11.3 Å². The summed E-state index contributed by atoms with van der Waals surface area (Å²) in [5.41, 5.74) is 10.1. The van der Waals surface area contributed by atoms with Crippen molar-refractivity contribution in [2.45, 2.75) is 27.2 Å². The van der Waals surface area contributed by atoms with Crippen LogP contribution in [-0.2, 0) is 6.42 Å². The van der Waals surface area contributed by atoms with E-state index in [1.807, 2.05) is 25.1 Å². The van der Waals surface area contributed by atoms with E-state index in [0.717, 1.165) is 40.3 Å². The maximum atomic E-state index is 5.87. The van der Waals surface area contributed by atoms with Gasteiger partial charge in [0.2, 0.25) is 0 Å². The molecule has 0 radical (unpaired) electrons. The van der Waals surface area contributed by atoms with Crippen LogP contribution in [-0.4, -0.2) is 0 Å². The molecule has 2 heteroatoms. The van der Waals surface area contributed by atoms with Crippen molar-refractivity contribution in [1.82, 2.24) is 0 Å². The summed E-state index contributed by atoms with van der Waals surface area (Å²) in [6, 6.07) is 8.14. The molecule has 1 aromatic heterocycles. The summed E-state index contributed by atoms with van der Waals surface area (Å²) >= 11 is 0. The van der Waals surface area contributed by atoms with Gasteiger partial charge in [0, 0.05) is 17.7 Å². The van der Waals surface area contributed by atoms with Crippen LogP contribution in [0.1, 0.15) is 23.8 Å². The molecule has 0 unspecified atom stereocenters. The Kier molecular flexibility index (Phi) is 2.73. The third-order valence-electron chi connectivity index (χ3n) is 2.89. The van der Waals surface area contributed by atoms with Crippen molar-refractivity contribution in [1.29, 1.82) is 0 Å². The van der Waals surface area contributed by atoms with Gasteiger partial charge in [0.1, 0.15) is 11.5 Å². The van der Waals surface area contributed by atoms with Crippen LogP contribution in [0.3, 0.4) is 0 Å². The minimum absolute atomic E-state index is 0.837. The summed E-state index contributed by atoms with van der Waals surface area (Å²) < 4.78 is 5.75. The Morgan fingerprint density at radius 3 is 2.50 bits per heavy atom. The van der Waals surface area contributed by atoms with E-state index >= 15 is 0 Å². The second-order valence-corrected chi connectivity index (χ2v) is 4.14. The molecule has 0 spiro atoms. The Balaban J connectivity index is 2.51. The third-order valence-corrected chi connectivity index (χ3v) is 2.89. The quantitative estimate of drug-likeness (QED) is 0.776. The Bertz CT molecular complexity index is 511. The van der Waals surface area contributed by atoms with E-state index in [2.05, 4.69) is 19.9 Å². The van der Waals surface area contributed by atoms with Crippen molar-refractivity contribution >= 4 is 5.69 Å². The van der Waals surface area contributed by atoms with Gasteiger partial charge in [-0.3, -0.25) is 0 Å². The average Bonchev–Trinajstić information content (AvgIpc) is 2.71. The van der Waals surface area contributed by atoms with Crippen molar-refractivity contribution in [3.05, 3.63) is 41.2 Å². The fourth-order valence-corrected chi connectivity index (χ4v) is 1.82. The molecule has 1 heterocycles. The number of benzene rings is 1. The minimum atomic E-state index is 0.837. The maximum Gasteiger partial charge on any atom is 0.134 e. The smallest absolute Gasteiger partial charge is 0.134 e. The number of nitrogen functional groups attached to an aromatic ring is 1. The second-order valence-electron chi connectivity index (χ2n) is 4.14. The van der Waals surface area contributed by atoms with Crippen LogP contribution >= 0.6 is 0 Å². The predicted octanol–water partition coefficient (Wildman–Crippen LogP) is 3.71. The van der Waals surface area contributed by atoms with Crippen molar-refractivity contribution in [2.24, 2.45) is 0 Å². The Hall–Kier alpha value is -1.70. The van der Waals surface area contributed by atoms with E-state index in [1.165, 1.54) is 0 Å². The van der Waals surface area contributed by atoms with Crippen LogP contribution in [0.5, 0.6) is 0 Å². The van der Waals surface area contributed by atoms with Gasteiger partial charge in [-0.05, 0) is 49.2 Å². The number of furan rings is 1. The third kappa shape index (κ3) is 1.83. The van der Waals surface area contributed by atoms with Gasteiger partial charge in [0.25, 0.3) is 0 Å². The zero-order chi connectivity index (χ0) is 11.7. The second kappa shape index (κ2) is 4.05. The summed E-state index contributed by atoms with van der Waals surface area (Å²) in [5, 5.41) is 0. The molecule has 0 aliphatic carbocycles. The largest absolute Gasteiger partial charge is 0.461 e. The van der Waals surface area contributed by atoms with Gasteiger partial charge in [0.15, 0.2) is 0 Å². The first kappa shape index (κ1) is 10.8. The molecule has 16 heavy (non-hydrogen) atoms. The molecule has 2 rings (SSSR count). The summed E-state index contributed by atoms with van der Waals surface area (Å²) in [6.07, 6.45) is 0.924. The number of anilines is 1. The summed E-state index contributed by atoms with van der Waals surface area (Å²) in [6.45, 7) is 6.16. The molecule has 0 amide bonds. The van der Waals surface area contributed by atoms with Crippen LogP contribution in [0.15, 0.2) is 28.7 Å². The molecule has 2 aromatic rings. The van der Waals surface area contributed by atoms with E-state index in [4.69, 9.17) is 10.2 Å². The lowest BCUT2D eigenvalue weighted by atomic mass is 10.0. The van der Waals surface area contributed by atoms with Crippen molar-refractivity contribution < 1.29 is 4.42 Å². The monoisotopic (exact) mass is 215 g/mol. The first-order valence-corrected chi connectivity index (χ1v) is 5.57. The average molecular weight is 215 g/mol. The van der Waals surface area contributed by atoms with Crippen LogP contribution in [0.4, 0.5) is 5.69 Å². The summed E-state index contributed by atoms with van der Waals surface area (Å²) in [4.78, 5) is 0. The van der Waals surface area contributed by atoms with Crippen LogP contribution in [0.2, 0.25) is 0 Å². The number of rotatable bonds is 2.